The molecule has 0 aliphatic heterocycles. The molecule has 1 rings (SSSR count). The number of aliphatic carboxylic acids is 1. The zero-order chi connectivity index (χ0) is 15.7. The second-order valence-corrected chi connectivity index (χ2v) is 5.27. The van der Waals surface area contributed by atoms with E-state index in [1.54, 1.807) is 37.1 Å². The molecule has 5 nitrogen and oxygen atoms in total. The third-order valence-corrected chi connectivity index (χ3v) is 3.41. The Bertz CT molecular complexity index is 499. The fraction of sp³-hybridized carbons (Fsp3) is 0.333. The Morgan fingerprint density at radius 2 is 2.05 bits per heavy atom. The van der Waals surface area contributed by atoms with E-state index >= 15 is 0 Å². The normalized spacial score (nSPS) is 12.1. The summed E-state index contributed by atoms with van der Waals surface area (Å²) in [7, 11) is 1.58. The van der Waals surface area contributed by atoms with Gasteiger partial charge in [0.25, 0.3) is 0 Å². The fourth-order valence-electron chi connectivity index (χ4n) is 1.60. The van der Waals surface area contributed by atoms with Crippen LogP contribution in [0.5, 0.6) is 5.75 Å². The van der Waals surface area contributed by atoms with Crippen LogP contribution in [0.3, 0.4) is 0 Å². The van der Waals surface area contributed by atoms with E-state index in [1.807, 2.05) is 18.4 Å². The van der Waals surface area contributed by atoms with E-state index in [2.05, 4.69) is 5.32 Å². The topological polar surface area (TPSA) is 75.6 Å². The number of carbonyl (C=O) groups excluding carboxylic acids is 1. The van der Waals surface area contributed by atoms with Crippen molar-refractivity contribution in [1.82, 2.24) is 5.32 Å². The first kappa shape index (κ1) is 17.1. The van der Waals surface area contributed by atoms with E-state index in [1.165, 1.54) is 6.08 Å². The first-order valence-corrected chi connectivity index (χ1v) is 7.80. The number of carboxylic acid groups (broad SMARTS) is 1. The fourth-order valence-corrected chi connectivity index (χ4v) is 2.07. The van der Waals surface area contributed by atoms with E-state index in [0.29, 0.717) is 12.2 Å². The van der Waals surface area contributed by atoms with Crippen LogP contribution in [0, 0.1) is 0 Å². The van der Waals surface area contributed by atoms with E-state index in [0.717, 1.165) is 11.3 Å². The molecule has 0 heterocycles. The first-order chi connectivity index (χ1) is 10.1. The summed E-state index contributed by atoms with van der Waals surface area (Å²) in [5, 5.41) is 11.5. The van der Waals surface area contributed by atoms with Gasteiger partial charge in [-0.2, -0.15) is 11.8 Å². The van der Waals surface area contributed by atoms with Crippen LogP contribution in [0.4, 0.5) is 0 Å². The summed E-state index contributed by atoms with van der Waals surface area (Å²) in [5.74, 6) is -0.0198. The van der Waals surface area contributed by atoms with Gasteiger partial charge < -0.3 is 15.2 Å². The minimum Gasteiger partial charge on any atom is -0.497 e. The van der Waals surface area contributed by atoms with Crippen LogP contribution in [0.15, 0.2) is 30.3 Å². The van der Waals surface area contributed by atoms with Crippen molar-refractivity contribution >= 4 is 29.7 Å². The van der Waals surface area contributed by atoms with E-state index < -0.39 is 17.9 Å². The van der Waals surface area contributed by atoms with Crippen molar-refractivity contribution in [3.63, 3.8) is 0 Å². The van der Waals surface area contributed by atoms with Crippen molar-refractivity contribution in [2.24, 2.45) is 0 Å². The molecule has 2 N–H and O–H groups in total. The highest BCUT2D eigenvalue weighted by Crippen LogP contribution is 2.12. The monoisotopic (exact) mass is 309 g/mol. The van der Waals surface area contributed by atoms with Gasteiger partial charge in [-0.15, -0.1) is 0 Å². The molecule has 0 aliphatic rings. The van der Waals surface area contributed by atoms with E-state index in [9.17, 15) is 9.59 Å². The zero-order valence-electron chi connectivity index (χ0n) is 12.0. The Morgan fingerprint density at radius 3 is 2.57 bits per heavy atom. The summed E-state index contributed by atoms with van der Waals surface area (Å²) in [6.45, 7) is 0. The number of rotatable bonds is 8. The molecule has 1 atom stereocenters. The quantitative estimate of drug-likeness (QED) is 0.719. The minimum atomic E-state index is -1.02. The maximum absolute atomic E-state index is 11.7. The number of methoxy groups -OCH3 is 1. The number of ether oxygens (including phenoxy) is 1. The van der Waals surface area contributed by atoms with Gasteiger partial charge in [-0.25, -0.2) is 4.79 Å². The summed E-state index contributed by atoms with van der Waals surface area (Å²) in [6.07, 6.45) is 5.25. The molecule has 1 aromatic carbocycles. The Labute approximate surface area is 128 Å². The third kappa shape index (κ3) is 6.35. The maximum Gasteiger partial charge on any atom is 0.326 e. The standard InChI is InChI=1S/C15H19NO4S/c1-20-12-6-3-11(4-7-12)5-8-14(17)16-13(15(18)19)9-10-21-2/h3-8,13H,9-10H2,1-2H3,(H,16,17)(H,18,19)/b8-5+/t13-/m0/s1. The molecule has 0 radical (unpaired) electrons. The lowest BCUT2D eigenvalue weighted by Gasteiger charge is -2.12. The summed E-state index contributed by atoms with van der Waals surface area (Å²) in [5.41, 5.74) is 0.835. The average molecular weight is 309 g/mol. The lowest BCUT2D eigenvalue weighted by Crippen LogP contribution is -2.40. The van der Waals surface area contributed by atoms with Crippen LogP contribution in [-0.2, 0) is 9.59 Å². The number of carbonyl (C=O) groups is 2. The zero-order valence-corrected chi connectivity index (χ0v) is 12.9. The van der Waals surface area contributed by atoms with Gasteiger partial charge in [0.1, 0.15) is 11.8 Å². The Balaban J connectivity index is 2.57. The van der Waals surface area contributed by atoms with Crippen LogP contribution >= 0.6 is 11.8 Å². The van der Waals surface area contributed by atoms with Crippen molar-refractivity contribution in [3.8, 4) is 5.75 Å². The Hall–Kier alpha value is -1.95. The van der Waals surface area contributed by atoms with Gasteiger partial charge in [-0.1, -0.05) is 12.1 Å². The molecule has 0 aromatic heterocycles. The molecule has 0 bridgehead atoms. The number of benzene rings is 1. The first-order valence-electron chi connectivity index (χ1n) is 6.41. The maximum atomic E-state index is 11.7. The number of thioether (sulfide) groups is 1. The van der Waals surface area contributed by atoms with Crippen LogP contribution in [0.25, 0.3) is 6.08 Å². The summed E-state index contributed by atoms with van der Waals surface area (Å²) < 4.78 is 5.04. The van der Waals surface area contributed by atoms with Gasteiger partial charge in [-0.05, 0) is 42.2 Å². The number of hydrogen-bond acceptors (Lipinski definition) is 4. The van der Waals surface area contributed by atoms with Gasteiger partial charge in [0.15, 0.2) is 0 Å². The highest BCUT2D eigenvalue weighted by Gasteiger charge is 2.17. The number of nitrogens with one attached hydrogen (secondary N) is 1. The van der Waals surface area contributed by atoms with Crippen LogP contribution < -0.4 is 10.1 Å². The van der Waals surface area contributed by atoms with Gasteiger partial charge >= 0.3 is 5.97 Å². The van der Waals surface area contributed by atoms with E-state index in [4.69, 9.17) is 9.84 Å². The van der Waals surface area contributed by atoms with Crippen molar-refractivity contribution in [1.29, 1.82) is 0 Å². The second kappa shape index (κ2) is 9.07. The molecule has 0 fully saturated rings. The highest BCUT2D eigenvalue weighted by molar-refractivity contribution is 7.98. The lowest BCUT2D eigenvalue weighted by molar-refractivity contribution is -0.141. The highest BCUT2D eigenvalue weighted by atomic mass is 32.2. The number of hydrogen-bond donors (Lipinski definition) is 2. The molecule has 0 saturated carbocycles. The number of carboxylic acids is 1. The second-order valence-electron chi connectivity index (χ2n) is 4.29. The van der Waals surface area contributed by atoms with Crippen molar-refractivity contribution < 1.29 is 19.4 Å². The van der Waals surface area contributed by atoms with Gasteiger partial charge in [0, 0.05) is 6.08 Å². The SMILES string of the molecule is COc1ccc(/C=C/C(=O)N[C@@H](CCSC)C(=O)O)cc1. The minimum absolute atomic E-state index is 0.401. The lowest BCUT2D eigenvalue weighted by atomic mass is 10.2. The molecule has 6 heteroatoms. The predicted octanol–water partition coefficient (Wildman–Crippen LogP) is 2.03. The third-order valence-electron chi connectivity index (χ3n) is 2.77. The Morgan fingerprint density at radius 1 is 1.38 bits per heavy atom. The molecule has 114 valence electrons. The summed E-state index contributed by atoms with van der Waals surface area (Å²) in [6, 6.07) is 6.34. The van der Waals surface area contributed by atoms with Crippen molar-refractivity contribution in [2.45, 2.75) is 12.5 Å². The molecular weight excluding hydrogens is 290 g/mol. The molecule has 0 unspecified atom stereocenters. The van der Waals surface area contributed by atoms with Gasteiger partial charge in [0.05, 0.1) is 7.11 Å². The largest absolute Gasteiger partial charge is 0.497 e. The molecule has 0 aliphatic carbocycles. The summed E-state index contributed by atoms with van der Waals surface area (Å²) >= 11 is 1.54. The van der Waals surface area contributed by atoms with Gasteiger partial charge in [-0.3, -0.25) is 4.79 Å². The summed E-state index contributed by atoms with van der Waals surface area (Å²) in [4.78, 5) is 22.7. The average Bonchev–Trinajstić information content (AvgIpc) is 2.49. The number of amides is 1. The molecule has 0 spiro atoms. The Kier molecular flexibility index (Phi) is 7.39. The molecule has 0 saturated heterocycles. The van der Waals surface area contributed by atoms with Crippen molar-refractivity contribution in [2.75, 3.05) is 19.1 Å². The predicted molar refractivity (Wildman–Crippen MR) is 84.6 cm³/mol. The van der Waals surface area contributed by atoms with Crippen molar-refractivity contribution in [3.05, 3.63) is 35.9 Å². The molecule has 21 heavy (non-hydrogen) atoms. The van der Waals surface area contributed by atoms with E-state index in [-0.39, 0.29) is 0 Å². The smallest absolute Gasteiger partial charge is 0.326 e. The van der Waals surface area contributed by atoms with Gasteiger partial charge in [0.2, 0.25) is 5.91 Å². The van der Waals surface area contributed by atoms with Crippen LogP contribution in [0.2, 0.25) is 0 Å². The van der Waals surface area contributed by atoms with Crippen LogP contribution in [0.1, 0.15) is 12.0 Å². The van der Waals surface area contributed by atoms with Crippen LogP contribution in [-0.4, -0.2) is 42.1 Å². The molecule has 1 amide bonds. The molecule has 1 aromatic rings. The molecular formula is C15H19NO4S.